The van der Waals surface area contributed by atoms with E-state index in [0.717, 1.165) is 22.3 Å². The fraction of sp³-hybridized carbons (Fsp3) is 0.188. The molecule has 0 spiro atoms. The molecule has 1 heterocycles. The molecule has 2 N–H and O–H groups in total. The number of amides is 1. The molecule has 0 radical (unpaired) electrons. The molecule has 3 rings (SSSR count). The number of benzene rings is 2. The van der Waals surface area contributed by atoms with E-state index < -0.39 is 0 Å². The Bertz CT molecular complexity index is 815. The predicted octanol–water partition coefficient (Wildman–Crippen LogP) is 3.39. The molecule has 0 bridgehead atoms. The van der Waals surface area contributed by atoms with Gasteiger partial charge in [0.2, 0.25) is 11.1 Å². The summed E-state index contributed by atoms with van der Waals surface area (Å²) in [4.78, 5) is 16.5. The number of carbonyl (C=O) groups excluding carboxylic acids is 1. The van der Waals surface area contributed by atoms with Crippen LogP contribution in [0.1, 0.15) is 12.7 Å². The number of rotatable bonds is 4. The van der Waals surface area contributed by atoms with Crippen LogP contribution in [-0.2, 0) is 4.79 Å². The first-order valence-corrected chi connectivity index (χ1v) is 7.85. The van der Waals surface area contributed by atoms with E-state index in [1.54, 1.807) is 0 Å². The van der Waals surface area contributed by atoms with Crippen LogP contribution in [0.5, 0.6) is 0 Å². The molecular formula is C16H16N4OS. The second-order valence-corrected chi connectivity index (χ2v) is 6.32. The van der Waals surface area contributed by atoms with Gasteiger partial charge < -0.3 is 5.32 Å². The zero-order valence-electron chi connectivity index (χ0n) is 12.3. The second-order valence-electron chi connectivity index (χ2n) is 5.01. The number of aromatic amines is 1. The van der Waals surface area contributed by atoms with Gasteiger partial charge in [0.15, 0.2) is 0 Å². The van der Waals surface area contributed by atoms with Crippen molar-refractivity contribution in [1.82, 2.24) is 15.2 Å². The SMILES string of the molecule is Cc1nc(SC(C)C(=O)Nc2ccc3ccccc3c2)n[nH]1. The molecule has 0 aliphatic rings. The van der Waals surface area contributed by atoms with E-state index in [4.69, 9.17) is 0 Å². The van der Waals surface area contributed by atoms with Crippen LogP contribution in [0.25, 0.3) is 10.8 Å². The summed E-state index contributed by atoms with van der Waals surface area (Å²) in [5, 5.41) is 12.3. The molecule has 0 aliphatic heterocycles. The van der Waals surface area contributed by atoms with Gasteiger partial charge in [0.25, 0.3) is 0 Å². The van der Waals surface area contributed by atoms with E-state index in [1.165, 1.54) is 11.8 Å². The number of fused-ring (bicyclic) bond motifs is 1. The van der Waals surface area contributed by atoms with Crippen molar-refractivity contribution in [2.75, 3.05) is 5.32 Å². The number of anilines is 1. The smallest absolute Gasteiger partial charge is 0.237 e. The molecule has 0 saturated carbocycles. The molecule has 1 amide bonds. The summed E-state index contributed by atoms with van der Waals surface area (Å²) in [7, 11) is 0. The van der Waals surface area contributed by atoms with E-state index in [9.17, 15) is 4.79 Å². The molecule has 1 aromatic heterocycles. The van der Waals surface area contributed by atoms with Crippen molar-refractivity contribution in [3.05, 3.63) is 48.3 Å². The van der Waals surface area contributed by atoms with E-state index in [-0.39, 0.29) is 11.2 Å². The lowest BCUT2D eigenvalue weighted by Crippen LogP contribution is -2.22. The highest BCUT2D eigenvalue weighted by atomic mass is 32.2. The van der Waals surface area contributed by atoms with E-state index in [1.807, 2.05) is 56.3 Å². The van der Waals surface area contributed by atoms with Crippen molar-refractivity contribution in [3.8, 4) is 0 Å². The number of aryl methyl sites for hydroxylation is 1. The minimum Gasteiger partial charge on any atom is -0.325 e. The average Bonchev–Trinajstić information content (AvgIpc) is 2.92. The largest absolute Gasteiger partial charge is 0.325 e. The summed E-state index contributed by atoms with van der Waals surface area (Å²) in [5.74, 6) is 0.673. The third-order valence-electron chi connectivity index (χ3n) is 3.25. The number of thioether (sulfide) groups is 1. The van der Waals surface area contributed by atoms with Crippen LogP contribution in [0, 0.1) is 6.92 Å². The van der Waals surface area contributed by atoms with Gasteiger partial charge >= 0.3 is 0 Å². The van der Waals surface area contributed by atoms with Gasteiger partial charge in [-0.1, -0.05) is 42.1 Å². The first kappa shape index (κ1) is 14.6. The number of nitrogens with one attached hydrogen (secondary N) is 2. The molecule has 1 atom stereocenters. The van der Waals surface area contributed by atoms with Crippen LogP contribution in [-0.4, -0.2) is 26.3 Å². The Hall–Kier alpha value is -2.34. The summed E-state index contributed by atoms with van der Waals surface area (Å²) in [5.41, 5.74) is 0.794. The maximum absolute atomic E-state index is 12.3. The van der Waals surface area contributed by atoms with Gasteiger partial charge in [-0.25, -0.2) is 4.98 Å². The molecule has 22 heavy (non-hydrogen) atoms. The maximum atomic E-state index is 12.3. The first-order chi connectivity index (χ1) is 10.6. The highest BCUT2D eigenvalue weighted by molar-refractivity contribution is 8.00. The average molecular weight is 312 g/mol. The second kappa shape index (κ2) is 6.19. The third-order valence-corrected chi connectivity index (χ3v) is 4.21. The normalized spacial score (nSPS) is 12.3. The summed E-state index contributed by atoms with van der Waals surface area (Å²) in [6.45, 7) is 3.67. The van der Waals surface area contributed by atoms with Gasteiger partial charge in [-0.3, -0.25) is 9.89 Å². The van der Waals surface area contributed by atoms with Gasteiger partial charge in [0.05, 0.1) is 5.25 Å². The van der Waals surface area contributed by atoms with Gasteiger partial charge in [-0.05, 0) is 36.8 Å². The van der Waals surface area contributed by atoms with Gasteiger partial charge in [-0.15, -0.1) is 5.10 Å². The Morgan fingerprint density at radius 2 is 2.00 bits per heavy atom. The van der Waals surface area contributed by atoms with Crippen LogP contribution < -0.4 is 5.32 Å². The quantitative estimate of drug-likeness (QED) is 0.725. The van der Waals surface area contributed by atoms with Crippen molar-refractivity contribution < 1.29 is 4.79 Å². The summed E-state index contributed by atoms with van der Waals surface area (Å²) in [6.07, 6.45) is 0. The van der Waals surface area contributed by atoms with Gasteiger partial charge in [0.1, 0.15) is 5.82 Å². The van der Waals surface area contributed by atoms with Gasteiger partial charge in [0, 0.05) is 5.69 Å². The highest BCUT2D eigenvalue weighted by Gasteiger charge is 2.17. The fourth-order valence-electron chi connectivity index (χ4n) is 2.10. The highest BCUT2D eigenvalue weighted by Crippen LogP contribution is 2.22. The van der Waals surface area contributed by atoms with E-state index >= 15 is 0 Å². The minimum absolute atomic E-state index is 0.0669. The van der Waals surface area contributed by atoms with Crippen molar-refractivity contribution in [2.45, 2.75) is 24.3 Å². The summed E-state index contributed by atoms with van der Waals surface area (Å²) >= 11 is 1.33. The van der Waals surface area contributed by atoms with Crippen molar-refractivity contribution in [2.24, 2.45) is 0 Å². The number of carbonyl (C=O) groups is 1. The monoisotopic (exact) mass is 312 g/mol. The Kier molecular flexibility index (Phi) is 4.11. The minimum atomic E-state index is -0.276. The Morgan fingerprint density at radius 3 is 2.73 bits per heavy atom. The van der Waals surface area contributed by atoms with Crippen LogP contribution in [0.3, 0.4) is 0 Å². The van der Waals surface area contributed by atoms with Crippen molar-refractivity contribution in [3.63, 3.8) is 0 Å². The van der Waals surface area contributed by atoms with Crippen molar-refractivity contribution >= 4 is 34.1 Å². The molecule has 0 aliphatic carbocycles. The summed E-state index contributed by atoms with van der Waals surface area (Å²) in [6, 6.07) is 13.9. The van der Waals surface area contributed by atoms with E-state index in [2.05, 4.69) is 20.5 Å². The zero-order chi connectivity index (χ0) is 15.5. The van der Waals surface area contributed by atoms with Crippen LogP contribution in [0.4, 0.5) is 5.69 Å². The van der Waals surface area contributed by atoms with Crippen LogP contribution in [0.15, 0.2) is 47.6 Å². The molecule has 1 unspecified atom stereocenters. The zero-order valence-corrected chi connectivity index (χ0v) is 13.1. The molecule has 0 saturated heterocycles. The molecule has 0 fully saturated rings. The lowest BCUT2D eigenvalue weighted by atomic mass is 10.1. The van der Waals surface area contributed by atoms with Crippen LogP contribution >= 0.6 is 11.8 Å². The molecule has 6 heteroatoms. The van der Waals surface area contributed by atoms with Crippen molar-refractivity contribution in [1.29, 1.82) is 0 Å². The standard InChI is InChI=1S/C16H16N4OS/c1-10(22-16-17-11(2)19-20-16)15(21)18-14-8-7-12-5-3-4-6-13(12)9-14/h3-10H,1-2H3,(H,18,21)(H,17,19,20). The lowest BCUT2D eigenvalue weighted by molar-refractivity contribution is -0.115. The molecule has 2 aromatic carbocycles. The topological polar surface area (TPSA) is 70.7 Å². The fourth-order valence-corrected chi connectivity index (χ4v) is 2.87. The van der Waals surface area contributed by atoms with Gasteiger partial charge in [-0.2, -0.15) is 0 Å². The number of hydrogen-bond acceptors (Lipinski definition) is 4. The predicted molar refractivity (Wildman–Crippen MR) is 89.0 cm³/mol. The molecule has 3 aromatic rings. The maximum Gasteiger partial charge on any atom is 0.237 e. The van der Waals surface area contributed by atoms with E-state index in [0.29, 0.717) is 5.16 Å². The lowest BCUT2D eigenvalue weighted by Gasteiger charge is -2.10. The number of hydrogen-bond donors (Lipinski definition) is 2. The Balaban J connectivity index is 1.69. The molecular weight excluding hydrogens is 296 g/mol. The Morgan fingerprint density at radius 1 is 1.23 bits per heavy atom. The first-order valence-electron chi connectivity index (χ1n) is 6.97. The number of H-pyrrole nitrogens is 1. The molecule has 5 nitrogen and oxygen atoms in total. The molecule has 112 valence electrons. The summed E-state index contributed by atoms with van der Waals surface area (Å²) < 4.78 is 0. The number of aromatic nitrogens is 3. The number of nitrogens with zero attached hydrogens (tertiary/aromatic N) is 2. The third kappa shape index (κ3) is 3.28. The Labute approximate surface area is 132 Å². The van der Waals surface area contributed by atoms with Crippen LogP contribution in [0.2, 0.25) is 0 Å².